The van der Waals surface area contributed by atoms with Gasteiger partial charge in [-0.1, -0.05) is 6.07 Å². The van der Waals surface area contributed by atoms with Crippen molar-refractivity contribution in [2.75, 3.05) is 6.67 Å². The average Bonchev–Trinajstić information content (AvgIpc) is 2.14. The van der Waals surface area contributed by atoms with Gasteiger partial charge in [-0.15, -0.1) is 0 Å². The van der Waals surface area contributed by atoms with E-state index in [1.54, 1.807) is 0 Å². The van der Waals surface area contributed by atoms with E-state index in [-0.39, 0.29) is 5.56 Å². The summed E-state index contributed by atoms with van der Waals surface area (Å²) in [6.07, 6.45) is -4.75. The summed E-state index contributed by atoms with van der Waals surface area (Å²) in [4.78, 5) is 0. The molecule has 0 saturated heterocycles. The van der Waals surface area contributed by atoms with Crippen molar-refractivity contribution in [2.45, 2.75) is 12.2 Å². The van der Waals surface area contributed by atoms with Crippen LogP contribution in [0.1, 0.15) is 17.2 Å². The molecule has 0 unspecified atom stereocenters. The smallest absolute Gasteiger partial charge is 0.322 e. The minimum atomic E-state index is -4.75. The van der Waals surface area contributed by atoms with E-state index >= 15 is 0 Å². The summed E-state index contributed by atoms with van der Waals surface area (Å²) in [5.41, 5.74) is 3.82. The molecular weight excluding hydrogens is 217 g/mol. The summed E-state index contributed by atoms with van der Waals surface area (Å²) in [5.74, 6) is -1.44. The third-order valence-electron chi connectivity index (χ3n) is 1.89. The lowest BCUT2D eigenvalue weighted by Crippen LogP contribution is -2.14. The number of halogens is 5. The van der Waals surface area contributed by atoms with Crippen molar-refractivity contribution in [2.24, 2.45) is 5.73 Å². The molecule has 1 nitrogen and oxygen atoms in total. The van der Waals surface area contributed by atoms with Gasteiger partial charge in [0.05, 0.1) is 11.6 Å². The van der Waals surface area contributed by atoms with Gasteiger partial charge in [-0.2, -0.15) is 13.2 Å². The van der Waals surface area contributed by atoms with Gasteiger partial charge in [-0.3, -0.25) is 0 Å². The summed E-state index contributed by atoms with van der Waals surface area (Å²) >= 11 is 0. The summed E-state index contributed by atoms with van der Waals surface area (Å²) in [6.45, 7) is -0.954. The van der Waals surface area contributed by atoms with Crippen molar-refractivity contribution >= 4 is 0 Å². The Bertz CT molecular complexity index is 347. The minimum Gasteiger partial charge on any atom is -0.322 e. The maximum Gasteiger partial charge on any atom is 0.419 e. The molecule has 0 aliphatic carbocycles. The van der Waals surface area contributed by atoms with Crippen LogP contribution in [0, 0.1) is 5.82 Å². The predicted molar refractivity (Wildman–Crippen MR) is 44.3 cm³/mol. The van der Waals surface area contributed by atoms with E-state index in [4.69, 9.17) is 5.73 Å². The molecule has 0 fully saturated rings. The second-order valence-corrected chi connectivity index (χ2v) is 3.00. The fraction of sp³-hybridized carbons (Fsp3) is 0.333. The molecule has 0 amide bonds. The van der Waals surface area contributed by atoms with E-state index in [1.165, 1.54) is 0 Å². The Hall–Kier alpha value is -1.17. The Kier molecular flexibility index (Phi) is 3.28. The predicted octanol–water partition coefficient (Wildman–Crippen LogP) is 2.81. The van der Waals surface area contributed by atoms with Crippen LogP contribution in [0.25, 0.3) is 0 Å². The van der Waals surface area contributed by atoms with Crippen molar-refractivity contribution in [3.05, 3.63) is 35.1 Å². The molecule has 0 saturated carbocycles. The molecule has 1 rings (SSSR count). The Morgan fingerprint density at radius 2 is 1.87 bits per heavy atom. The average molecular weight is 225 g/mol. The van der Waals surface area contributed by atoms with E-state index < -0.39 is 30.3 Å². The molecular formula is C9H8F5N. The van der Waals surface area contributed by atoms with Crippen molar-refractivity contribution in [3.8, 4) is 0 Å². The lowest BCUT2D eigenvalue weighted by Gasteiger charge is -2.11. The highest BCUT2D eigenvalue weighted by molar-refractivity contribution is 5.28. The number of rotatable bonds is 2. The van der Waals surface area contributed by atoms with Gasteiger partial charge in [0.1, 0.15) is 12.5 Å². The van der Waals surface area contributed by atoms with Crippen molar-refractivity contribution in [1.82, 2.24) is 0 Å². The lowest BCUT2D eigenvalue weighted by atomic mass is 10.1. The molecule has 0 heterocycles. The number of hydrogen-bond acceptors (Lipinski definition) is 1. The zero-order valence-electron chi connectivity index (χ0n) is 7.48. The molecule has 0 spiro atoms. The van der Waals surface area contributed by atoms with E-state index in [0.717, 1.165) is 6.07 Å². The molecule has 0 aliphatic rings. The lowest BCUT2D eigenvalue weighted by molar-refractivity contribution is -0.140. The maximum absolute atomic E-state index is 12.9. The van der Waals surface area contributed by atoms with Crippen LogP contribution in [0.3, 0.4) is 0 Å². The molecule has 0 aromatic heterocycles. The van der Waals surface area contributed by atoms with Crippen LogP contribution in [0.2, 0.25) is 0 Å². The highest BCUT2D eigenvalue weighted by Crippen LogP contribution is 2.32. The summed E-state index contributed by atoms with van der Waals surface area (Å²) in [6, 6.07) is 1.03. The van der Waals surface area contributed by atoms with E-state index in [9.17, 15) is 22.0 Å². The third kappa shape index (κ3) is 2.65. The fourth-order valence-corrected chi connectivity index (χ4v) is 1.08. The van der Waals surface area contributed by atoms with Gasteiger partial charge in [0, 0.05) is 0 Å². The van der Waals surface area contributed by atoms with E-state index in [1.807, 2.05) is 0 Å². The molecule has 1 atom stereocenters. The molecule has 6 heteroatoms. The van der Waals surface area contributed by atoms with E-state index in [2.05, 4.69) is 0 Å². The summed E-state index contributed by atoms with van der Waals surface area (Å²) in [7, 11) is 0. The zero-order chi connectivity index (χ0) is 11.6. The van der Waals surface area contributed by atoms with Crippen LogP contribution >= 0.6 is 0 Å². The van der Waals surface area contributed by atoms with Crippen LogP contribution in [0.15, 0.2) is 18.2 Å². The quantitative estimate of drug-likeness (QED) is 0.769. The molecule has 2 N–H and O–H groups in total. The van der Waals surface area contributed by atoms with Gasteiger partial charge in [0.15, 0.2) is 0 Å². The van der Waals surface area contributed by atoms with Gasteiger partial charge < -0.3 is 5.73 Å². The topological polar surface area (TPSA) is 26.0 Å². The molecule has 84 valence electrons. The van der Waals surface area contributed by atoms with Crippen LogP contribution < -0.4 is 5.73 Å². The van der Waals surface area contributed by atoms with Crippen molar-refractivity contribution in [1.29, 1.82) is 0 Å². The van der Waals surface area contributed by atoms with Crippen LogP contribution in [-0.2, 0) is 6.18 Å². The van der Waals surface area contributed by atoms with Gasteiger partial charge in [-0.05, 0) is 17.7 Å². The first-order valence-electron chi connectivity index (χ1n) is 4.04. The number of alkyl halides is 4. The third-order valence-corrected chi connectivity index (χ3v) is 1.89. The number of benzene rings is 1. The number of nitrogens with two attached hydrogens (primary N) is 1. The largest absolute Gasteiger partial charge is 0.419 e. The van der Waals surface area contributed by atoms with Crippen molar-refractivity contribution in [3.63, 3.8) is 0 Å². The monoisotopic (exact) mass is 225 g/mol. The first kappa shape index (κ1) is 11.9. The van der Waals surface area contributed by atoms with Crippen LogP contribution in [0.5, 0.6) is 0 Å². The molecule has 1 aromatic carbocycles. The Morgan fingerprint density at radius 1 is 1.27 bits per heavy atom. The molecule has 0 bridgehead atoms. The molecule has 0 radical (unpaired) electrons. The summed E-state index contributed by atoms with van der Waals surface area (Å²) < 4.78 is 61.4. The highest BCUT2D eigenvalue weighted by Gasteiger charge is 2.34. The van der Waals surface area contributed by atoms with E-state index in [0.29, 0.717) is 12.1 Å². The molecule has 0 aliphatic heterocycles. The SMILES string of the molecule is N[C@H](CF)c1ccc(C(F)(F)F)c(F)c1. The summed E-state index contributed by atoms with van der Waals surface area (Å²) in [5, 5.41) is 0. The standard InChI is InChI=1S/C9H8F5N/c10-4-8(15)5-1-2-6(7(11)3-5)9(12,13)14/h1-3,8H,4,15H2/t8-/m1/s1. The van der Waals surface area contributed by atoms with Crippen LogP contribution in [0.4, 0.5) is 22.0 Å². The first-order chi connectivity index (χ1) is 6.86. The Balaban J connectivity index is 3.09. The zero-order valence-corrected chi connectivity index (χ0v) is 7.48. The molecule has 15 heavy (non-hydrogen) atoms. The normalized spacial score (nSPS) is 14.0. The Morgan fingerprint density at radius 3 is 2.27 bits per heavy atom. The Labute approximate surface area is 82.7 Å². The fourth-order valence-electron chi connectivity index (χ4n) is 1.08. The first-order valence-corrected chi connectivity index (χ1v) is 4.04. The van der Waals surface area contributed by atoms with Gasteiger partial charge >= 0.3 is 6.18 Å². The maximum atomic E-state index is 12.9. The van der Waals surface area contributed by atoms with Gasteiger partial charge in [0.25, 0.3) is 0 Å². The van der Waals surface area contributed by atoms with Gasteiger partial charge in [-0.25, -0.2) is 8.78 Å². The second-order valence-electron chi connectivity index (χ2n) is 3.00. The van der Waals surface area contributed by atoms with Crippen molar-refractivity contribution < 1.29 is 22.0 Å². The highest BCUT2D eigenvalue weighted by atomic mass is 19.4. The van der Waals surface area contributed by atoms with Gasteiger partial charge in [0.2, 0.25) is 0 Å². The van der Waals surface area contributed by atoms with Crippen LogP contribution in [-0.4, -0.2) is 6.67 Å². The second kappa shape index (κ2) is 4.14. The molecule has 1 aromatic rings. The minimum absolute atomic E-state index is 0.00278. The number of hydrogen-bond donors (Lipinski definition) is 1.